The minimum absolute atomic E-state index is 0.0813. The van der Waals surface area contributed by atoms with Crippen molar-refractivity contribution in [2.45, 2.75) is 30.7 Å². The maximum absolute atomic E-state index is 12.3. The number of aryl methyl sites for hydroxylation is 1. The van der Waals surface area contributed by atoms with Gasteiger partial charge in [0.05, 0.1) is 23.6 Å². The molecule has 108 valence electrons. The van der Waals surface area contributed by atoms with E-state index >= 15 is 0 Å². The molecule has 0 atom stereocenters. The van der Waals surface area contributed by atoms with Gasteiger partial charge in [-0.2, -0.15) is 0 Å². The lowest BCUT2D eigenvalue weighted by atomic mass is 10.0. The van der Waals surface area contributed by atoms with Crippen LogP contribution in [0.3, 0.4) is 0 Å². The van der Waals surface area contributed by atoms with E-state index in [0.717, 1.165) is 5.56 Å². The van der Waals surface area contributed by atoms with E-state index in [1.807, 2.05) is 6.92 Å². The van der Waals surface area contributed by atoms with Gasteiger partial charge in [-0.25, -0.2) is 13.1 Å². The first kappa shape index (κ1) is 16.6. The lowest BCUT2D eigenvalue weighted by Crippen LogP contribution is -2.53. The Morgan fingerprint density at radius 2 is 1.89 bits per heavy atom. The van der Waals surface area contributed by atoms with E-state index in [9.17, 15) is 18.6 Å². The van der Waals surface area contributed by atoms with E-state index in [1.54, 1.807) is 19.1 Å². The third-order valence-corrected chi connectivity index (χ3v) is 5.57. The van der Waals surface area contributed by atoms with Gasteiger partial charge < -0.3 is 10.2 Å². The summed E-state index contributed by atoms with van der Waals surface area (Å²) >= 11 is 3.21. The maximum atomic E-state index is 12.3. The molecule has 3 N–H and O–H groups in total. The SMILES string of the molecule is CCC(CO)(CO)NS(=O)(=O)c1ccc(C)cc1Br. The molecule has 0 aliphatic heterocycles. The van der Waals surface area contributed by atoms with Crippen LogP contribution in [-0.4, -0.2) is 37.4 Å². The van der Waals surface area contributed by atoms with Crippen molar-refractivity contribution < 1.29 is 18.6 Å². The fraction of sp³-hybridized carbons (Fsp3) is 0.500. The van der Waals surface area contributed by atoms with E-state index in [0.29, 0.717) is 4.47 Å². The van der Waals surface area contributed by atoms with Crippen LogP contribution in [0.5, 0.6) is 0 Å². The lowest BCUT2D eigenvalue weighted by molar-refractivity contribution is 0.105. The number of nitrogens with one attached hydrogen (secondary N) is 1. The van der Waals surface area contributed by atoms with E-state index in [-0.39, 0.29) is 11.3 Å². The summed E-state index contributed by atoms with van der Waals surface area (Å²) in [5.41, 5.74) is -0.319. The molecule has 0 fully saturated rings. The van der Waals surface area contributed by atoms with Gasteiger partial charge in [-0.1, -0.05) is 13.0 Å². The number of hydrogen-bond acceptors (Lipinski definition) is 4. The van der Waals surface area contributed by atoms with Crippen LogP contribution in [0.15, 0.2) is 27.6 Å². The average molecular weight is 352 g/mol. The number of hydrogen-bond donors (Lipinski definition) is 3. The number of sulfonamides is 1. The molecule has 7 heteroatoms. The highest BCUT2D eigenvalue weighted by Crippen LogP contribution is 2.24. The zero-order valence-corrected chi connectivity index (χ0v) is 13.3. The van der Waals surface area contributed by atoms with Crippen molar-refractivity contribution in [3.8, 4) is 0 Å². The second-order valence-corrected chi connectivity index (χ2v) is 6.99. The van der Waals surface area contributed by atoms with Crippen LogP contribution in [0.4, 0.5) is 0 Å². The van der Waals surface area contributed by atoms with Crippen LogP contribution in [-0.2, 0) is 10.0 Å². The topological polar surface area (TPSA) is 86.6 Å². The minimum atomic E-state index is -3.82. The van der Waals surface area contributed by atoms with Crippen molar-refractivity contribution in [2.75, 3.05) is 13.2 Å². The number of aliphatic hydroxyl groups is 2. The molecule has 1 aromatic carbocycles. The lowest BCUT2D eigenvalue weighted by Gasteiger charge is -2.29. The van der Waals surface area contributed by atoms with Crippen molar-refractivity contribution in [3.63, 3.8) is 0 Å². The summed E-state index contributed by atoms with van der Waals surface area (Å²) in [6, 6.07) is 4.86. The summed E-state index contributed by atoms with van der Waals surface area (Å²) in [4.78, 5) is 0.0813. The van der Waals surface area contributed by atoms with E-state index in [4.69, 9.17) is 0 Å². The van der Waals surface area contributed by atoms with Gasteiger partial charge in [0, 0.05) is 4.47 Å². The third-order valence-electron chi connectivity index (χ3n) is 3.01. The van der Waals surface area contributed by atoms with Gasteiger partial charge in [-0.05, 0) is 47.0 Å². The molecule has 0 saturated heterocycles. The van der Waals surface area contributed by atoms with E-state index in [2.05, 4.69) is 20.7 Å². The van der Waals surface area contributed by atoms with E-state index < -0.39 is 28.8 Å². The number of halogens is 1. The summed E-state index contributed by atoms with van der Waals surface area (Å²) in [7, 11) is -3.82. The molecular formula is C12H18BrNO4S. The van der Waals surface area contributed by atoms with Gasteiger partial charge >= 0.3 is 0 Å². The molecule has 5 nitrogen and oxygen atoms in total. The quantitative estimate of drug-likeness (QED) is 0.717. The van der Waals surface area contributed by atoms with E-state index in [1.165, 1.54) is 6.07 Å². The van der Waals surface area contributed by atoms with Gasteiger partial charge in [0.1, 0.15) is 0 Å². The highest BCUT2D eigenvalue weighted by Gasteiger charge is 2.33. The zero-order chi connectivity index (χ0) is 14.7. The summed E-state index contributed by atoms with van der Waals surface area (Å²) < 4.78 is 27.4. The fourth-order valence-electron chi connectivity index (χ4n) is 1.57. The molecule has 0 bridgehead atoms. The van der Waals surface area contributed by atoms with Gasteiger partial charge in [-0.15, -0.1) is 0 Å². The van der Waals surface area contributed by atoms with Crippen molar-refractivity contribution >= 4 is 26.0 Å². The summed E-state index contributed by atoms with van der Waals surface area (Å²) in [5, 5.41) is 18.6. The molecule has 1 rings (SSSR count). The molecule has 0 spiro atoms. The highest BCUT2D eigenvalue weighted by atomic mass is 79.9. The Bertz CT molecular complexity index is 532. The molecule has 0 aliphatic rings. The number of rotatable bonds is 6. The number of aliphatic hydroxyl groups excluding tert-OH is 2. The van der Waals surface area contributed by atoms with Crippen LogP contribution in [0, 0.1) is 6.92 Å². The molecule has 0 amide bonds. The van der Waals surface area contributed by atoms with Crippen LogP contribution >= 0.6 is 15.9 Å². The zero-order valence-electron chi connectivity index (χ0n) is 10.9. The van der Waals surface area contributed by atoms with Crippen molar-refractivity contribution in [2.24, 2.45) is 0 Å². The third kappa shape index (κ3) is 3.76. The molecule has 1 aromatic rings. The second-order valence-electron chi connectivity index (χ2n) is 4.49. The Morgan fingerprint density at radius 1 is 1.32 bits per heavy atom. The first-order valence-corrected chi connectivity index (χ1v) is 8.09. The Hall–Kier alpha value is -0.470. The van der Waals surface area contributed by atoms with Gasteiger partial charge in [0.2, 0.25) is 10.0 Å². The van der Waals surface area contributed by atoms with Crippen LogP contribution in [0.1, 0.15) is 18.9 Å². The standard InChI is InChI=1S/C12H18BrNO4S/c1-3-12(7-15,8-16)14-19(17,18)11-5-4-9(2)6-10(11)13/h4-6,14-16H,3,7-8H2,1-2H3. The predicted molar refractivity (Wildman–Crippen MR) is 76.4 cm³/mol. The summed E-state index contributed by atoms with van der Waals surface area (Å²) in [6.07, 6.45) is 0.280. The van der Waals surface area contributed by atoms with Crippen LogP contribution in [0.2, 0.25) is 0 Å². The maximum Gasteiger partial charge on any atom is 0.242 e. The molecule has 0 heterocycles. The second kappa shape index (κ2) is 6.32. The molecule has 0 aliphatic carbocycles. The monoisotopic (exact) mass is 351 g/mol. The Balaban J connectivity index is 3.17. The molecule has 0 unspecified atom stereocenters. The van der Waals surface area contributed by atoms with Crippen molar-refractivity contribution in [3.05, 3.63) is 28.2 Å². The molecule has 0 aromatic heterocycles. The molecule has 0 saturated carbocycles. The number of benzene rings is 1. The summed E-state index contributed by atoms with van der Waals surface area (Å²) in [6.45, 7) is 2.61. The van der Waals surface area contributed by atoms with Crippen LogP contribution in [0.25, 0.3) is 0 Å². The molecule has 0 radical (unpaired) electrons. The molecule has 19 heavy (non-hydrogen) atoms. The largest absolute Gasteiger partial charge is 0.394 e. The van der Waals surface area contributed by atoms with Gasteiger partial charge in [-0.3, -0.25) is 0 Å². The van der Waals surface area contributed by atoms with Gasteiger partial charge in [0.25, 0.3) is 0 Å². The Kier molecular flexibility index (Phi) is 5.52. The average Bonchev–Trinajstić information content (AvgIpc) is 2.35. The first-order chi connectivity index (χ1) is 8.80. The minimum Gasteiger partial charge on any atom is -0.394 e. The van der Waals surface area contributed by atoms with Crippen LogP contribution < -0.4 is 4.72 Å². The highest BCUT2D eigenvalue weighted by molar-refractivity contribution is 9.10. The van der Waals surface area contributed by atoms with Crippen molar-refractivity contribution in [1.82, 2.24) is 4.72 Å². The Labute approximate surface area is 121 Å². The smallest absolute Gasteiger partial charge is 0.242 e. The predicted octanol–water partition coefficient (Wildman–Crippen LogP) is 1.17. The fourth-order valence-corrected chi connectivity index (χ4v) is 4.22. The van der Waals surface area contributed by atoms with Gasteiger partial charge in [0.15, 0.2) is 0 Å². The van der Waals surface area contributed by atoms with Crippen molar-refractivity contribution in [1.29, 1.82) is 0 Å². The first-order valence-electron chi connectivity index (χ1n) is 5.82. The summed E-state index contributed by atoms with van der Waals surface area (Å²) in [5.74, 6) is 0. The molecular weight excluding hydrogens is 334 g/mol. The normalized spacial score (nSPS) is 12.7. The Morgan fingerprint density at radius 3 is 2.32 bits per heavy atom.